The third-order valence-corrected chi connectivity index (χ3v) is 21.8. The average Bonchev–Trinajstić information content (AvgIpc) is 1.53. The minimum atomic E-state index is -0.976. The summed E-state index contributed by atoms with van der Waals surface area (Å²) in [4.78, 5) is 83.3. The molecule has 0 saturated heterocycles. The number of carbonyl (C=O) groups excluding carboxylic acids is 6. The Morgan fingerprint density at radius 1 is 0.352 bits per heavy atom. The van der Waals surface area contributed by atoms with Crippen LogP contribution in [0.5, 0.6) is 0 Å². The van der Waals surface area contributed by atoms with Crippen molar-refractivity contribution < 1.29 is 91.4 Å². The number of nitrogens with one attached hydrogen (secondary N) is 2. The van der Waals surface area contributed by atoms with Crippen LogP contribution < -0.4 is 41.0 Å². The molecule has 0 aliphatic carbocycles. The number of nitrogens with zero attached hydrogens (tertiary/aromatic N) is 12. The molecular weight excluding hydrogens is 1910 g/mol. The van der Waals surface area contributed by atoms with Gasteiger partial charge in [0.2, 0.25) is 0 Å². The van der Waals surface area contributed by atoms with Crippen LogP contribution >= 0.6 is 22.6 Å². The van der Waals surface area contributed by atoms with Gasteiger partial charge in [-0.2, -0.15) is 0 Å². The Kier molecular flexibility index (Phi) is 47.0. The van der Waals surface area contributed by atoms with Crippen LogP contribution in [-0.4, -0.2) is 187 Å². The number of aromatic carboxylic acids is 1. The number of halogens is 1. The molecule has 3 aromatic heterocycles. The van der Waals surface area contributed by atoms with Gasteiger partial charge in [0.1, 0.15) is 0 Å². The largest absolute Gasteiger partial charge is 1.00 e. The number of amides is 2. The second kappa shape index (κ2) is 57.6. The number of nitrogens with two attached hydrogens (primary N) is 2. The molecule has 142 heavy (non-hydrogen) atoms. The fourth-order valence-corrected chi connectivity index (χ4v) is 14.6. The van der Waals surface area contributed by atoms with Crippen LogP contribution in [0.4, 0.5) is 5.69 Å². The zero-order chi connectivity index (χ0) is 101. The van der Waals surface area contributed by atoms with Crippen LogP contribution in [0, 0.1) is 45.1 Å². The molecule has 0 bridgehead atoms. The van der Waals surface area contributed by atoms with Gasteiger partial charge >= 0.3 is 48.7 Å². The molecular formula is C109H122ILiN16O15. The zero-order valence-corrected chi connectivity index (χ0v) is 84.9. The molecule has 0 radical (unpaired) electrons. The van der Waals surface area contributed by atoms with E-state index in [-0.39, 0.29) is 79.1 Å². The van der Waals surface area contributed by atoms with Gasteiger partial charge in [0.05, 0.1) is 69.5 Å². The van der Waals surface area contributed by atoms with Crippen molar-refractivity contribution in [3.05, 3.63) is 331 Å². The monoisotopic (exact) mass is 2030 g/mol. The maximum absolute atomic E-state index is 12.8. The predicted octanol–water partition coefficient (Wildman–Crippen LogP) is 17.0. The van der Waals surface area contributed by atoms with Crippen molar-refractivity contribution in [1.82, 2.24) is 71.3 Å². The SMILES string of the molecule is C.CCNC(=O)c1cc(C(=O)OC)cc(-c2ccc(C)cc2)c1.CCn1nnnc1-c1cc(C(=O)NC(C)COC)cc(-c2ccc(C)cc2)c1.CCn1nnnc1-c1cc(C(=O)O)cc(-c2ccc(C)cc2)c1.CCn1nnnc1-c1cc(C(=O)OC)cc(-c2ccc(C)cc2)c1.COC(=O)c1cc(I)cc(-c2ccc(C)cc2)c1.COC(=O)c1cc(N)cc(-c2ccc(C)cc2)c1.COCC(C)N.[Li+].[OH-]. The van der Waals surface area contributed by atoms with E-state index >= 15 is 0 Å². The molecule has 8 N–H and O–H groups in total. The molecule has 2 amide bonds. The van der Waals surface area contributed by atoms with Gasteiger partial charge in [0, 0.05) is 89.6 Å². The van der Waals surface area contributed by atoms with Crippen molar-refractivity contribution >= 4 is 69.9 Å². The first-order valence-electron chi connectivity index (χ1n) is 44.7. The summed E-state index contributed by atoms with van der Waals surface area (Å²) in [6.45, 7) is 27.3. The number of tetrazole rings is 3. The van der Waals surface area contributed by atoms with Crippen LogP contribution in [0.2, 0.25) is 0 Å². The fourth-order valence-electron chi connectivity index (χ4n) is 13.9. The maximum Gasteiger partial charge on any atom is 1.00 e. The number of benzene rings is 12. The molecule has 0 aliphatic heterocycles. The van der Waals surface area contributed by atoms with E-state index in [0.717, 1.165) is 92.6 Å². The number of methoxy groups -OCH3 is 6. The molecule has 0 saturated carbocycles. The van der Waals surface area contributed by atoms with Gasteiger partial charge in [-0.1, -0.05) is 186 Å². The molecule has 2 atom stereocenters. The molecule has 15 aromatic rings. The van der Waals surface area contributed by atoms with Gasteiger partial charge in [-0.3, -0.25) is 9.59 Å². The molecule has 2 unspecified atom stereocenters. The smallest absolute Gasteiger partial charge is 0.870 e. The Balaban J connectivity index is 0.000000258. The summed E-state index contributed by atoms with van der Waals surface area (Å²) in [6, 6.07) is 81.1. The number of esters is 4. The van der Waals surface area contributed by atoms with Crippen LogP contribution in [0.3, 0.4) is 0 Å². The molecule has 31 nitrogen and oxygen atoms in total. The third kappa shape index (κ3) is 34.0. The zero-order valence-electron chi connectivity index (χ0n) is 82.7. The van der Waals surface area contributed by atoms with Crippen molar-refractivity contribution in [3.63, 3.8) is 0 Å². The fraction of sp³-hybridized carbons (Fsp3) is 0.248. The Morgan fingerprint density at radius 2 is 0.613 bits per heavy atom. The number of carbonyl (C=O) groups is 7. The Bertz CT molecular complexity index is 6550. The number of aryl methyl sites for hydroxylation is 9. The number of ether oxygens (including phenoxy) is 6. The number of hydrogen-bond donors (Lipinski definition) is 5. The number of nitrogen functional groups attached to an aromatic ring is 1. The van der Waals surface area contributed by atoms with Crippen molar-refractivity contribution in [2.45, 2.75) is 122 Å². The average molecular weight is 2030 g/mol. The molecule has 0 spiro atoms. The predicted molar refractivity (Wildman–Crippen MR) is 558 cm³/mol. The number of carboxylic acid groups (broad SMARTS) is 1. The van der Waals surface area contributed by atoms with E-state index in [1.165, 1.54) is 50.7 Å². The van der Waals surface area contributed by atoms with Gasteiger partial charge in [-0.15, -0.1) is 15.3 Å². The molecule has 15 rings (SSSR count). The summed E-state index contributed by atoms with van der Waals surface area (Å²) in [6.07, 6.45) is 0. The van der Waals surface area contributed by atoms with Crippen molar-refractivity contribution in [1.29, 1.82) is 0 Å². The second-order valence-electron chi connectivity index (χ2n) is 32.3. The number of carboxylic acids is 1. The van der Waals surface area contributed by atoms with Crippen molar-refractivity contribution in [2.75, 3.05) is 68.2 Å². The van der Waals surface area contributed by atoms with E-state index in [1.54, 1.807) is 76.8 Å². The Labute approximate surface area is 854 Å². The van der Waals surface area contributed by atoms with Crippen molar-refractivity contribution in [2.24, 2.45) is 5.73 Å². The summed E-state index contributed by atoms with van der Waals surface area (Å²) in [5.41, 5.74) is 35.6. The number of hydrogen-bond acceptors (Lipinski definition) is 25. The molecule has 33 heteroatoms. The first kappa shape index (κ1) is 116. The molecule has 12 aromatic carbocycles. The second-order valence-corrected chi connectivity index (χ2v) is 33.6. The summed E-state index contributed by atoms with van der Waals surface area (Å²) in [7, 11) is 8.71. The van der Waals surface area contributed by atoms with Gasteiger partial charge in [0.25, 0.3) is 11.8 Å². The van der Waals surface area contributed by atoms with Gasteiger partial charge < -0.3 is 61.1 Å². The van der Waals surface area contributed by atoms with E-state index < -0.39 is 11.9 Å². The first-order chi connectivity index (χ1) is 66.7. The van der Waals surface area contributed by atoms with Crippen LogP contribution in [-0.2, 0) is 48.1 Å². The minimum Gasteiger partial charge on any atom is -0.870 e. The van der Waals surface area contributed by atoms with Gasteiger partial charge in [-0.25, -0.2) is 38.0 Å². The first-order valence-corrected chi connectivity index (χ1v) is 45.7. The standard InChI is InChI=1S/C21H25N5O2.C18H18N4O2.C18H19NO3.C17H16N4O2.C15H13IO2.C15H15NO2.C4H11NO.CH4.Li.H2O/c1-5-26-20(23-24-25-26)18-10-17(16-8-6-14(2)7-9-16)11-19(12-18)21(27)22-15(3)13-28-4;1-4-22-17(19-20-21-22)15-9-14(10-16(11-15)18(23)24-3)13-7-5-12(2)6-8-13;1-4-19-17(20)15-9-14(10-16(11-15)18(21)22-3)13-7-5-12(2)6-8-13;1-3-21-16(18-19-20-21)14-8-13(9-15(10-14)17(22)23)12-6-4-11(2)5-7-12;2*1-10-3-5-11(6-4-10)12-7-13(15(17)18-2)9-14(16)8-12;1-4(5)3-6-2;;;/h6-12,15H,5,13H2,1-4H3,(H,22,27);5-11H,4H2,1-3H3;5-11H,4H2,1-3H3,(H,19,20);4-10H,3H2,1-2H3,(H,22,23);3-9H,1-2H3;3-9H,16H2,1-2H3;4H,3,5H2,1-2H3;1H4;;1H2/q;;;;;;;;+1;/p-1. The minimum absolute atomic E-state index is 0. The topological polar surface area (TPSA) is 432 Å². The summed E-state index contributed by atoms with van der Waals surface area (Å²) < 4.78 is 35.0. The maximum atomic E-state index is 12.8. The van der Waals surface area contributed by atoms with Crippen LogP contribution in [0.1, 0.15) is 155 Å². The van der Waals surface area contributed by atoms with Gasteiger partial charge in [-0.05, 0) is 313 Å². The molecule has 736 valence electrons. The van der Waals surface area contributed by atoms with E-state index in [1.807, 2.05) is 240 Å². The summed E-state index contributed by atoms with van der Waals surface area (Å²) >= 11 is 2.21. The Morgan fingerprint density at radius 3 is 0.908 bits per heavy atom. The number of rotatable bonds is 25. The van der Waals surface area contributed by atoms with Crippen molar-refractivity contribution in [3.8, 4) is 101 Å². The molecule has 0 aliphatic rings. The third-order valence-electron chi connectivity index (χ3n) is 21.2. The quantitative estimate of drug-likeness (QED) is 0.0117. The van der Waals surface area contributed by atoms with Crippen LogP contribution in [0.15, 0.2) is 255 Å². The Hall–Kier alpha value is -14.9. The van der Waals surface area contributed by atoms with Gasteiger partial charge in [0.15, 0.2) is 17.5 Å². The van der Waals surface area contributed by atoms with E-state index in [2.05, 4.69) is 134 Å². The summed E-state index contributed by atoms with van der Waals surface area (Å²) in [5, 5.41) is 50.4. The van der Waals surface area contributed by atoms with E-state index in [0.29, 0.717) is 101 Å². The van der Waals surface area contributed by atoms with E-state index in [4.69, 9.17) is 35.2 Å². The summed E-state index contributed by atoms with van der Waals surface area (Å²) in [5.74, 6) is -1.05. The molecule has 3 heterocycles. The normalized spacial score (nSPS) is 10.6. The number of anilines is 1. The van der Waals surface area contributed by atoms with Crippen LogP contribution in [0.25, 0.3) is 101 Å². The number of aromatic nitrogens is 12. The molecule has 0 fully saturated rings. The van der Waals surface area contributed by atoms with E-state index in [9.17, 15) is 38.7 Å².